The fourth-order valence-corrected chi connectivity index (χ4v) is 3.04. The van der Waals surface area contributed by atoms with Crippen molar-refractivity contribution in [3.63, 3.8) is 0 Å². The molecule has 0 saturated heterocycles. The Morgan fingerprint density at radius 2 is 1.75 bits per heavy atom. The van der Waals surface area contributed by atoms with Gasteiger partial charge in [-0.15, -0.1) is 0 Å². The standard InChI is InChI=1S/C27H33N/c1-7-10-11-19-25(22(4)16-8-2)27(23(5)17-14-15-21-28-6)26-20-13-12-18-24(26)9-3/h7-21,23,28H,1-2H2,3-6H3/b11-10-,17-14-,21-15-,22-16+,24-9-,25-19+,27-26-. The van der Waals surface area contributed by atoms with E-state index in [0.717, 1.165) is 0 Å². The maximum Gasteiger partial charge on any atom is 0.00277 e. The van der Waals surface area contributed by atoms with Crippen LogP contribution >= 0.6 is 0 Å². The first kappa shape index (κ1) is 23.0. The van der Waals surface area contributed by atoms with Gasteiger partial charge in [0, 0.05) is 13.0 Å². The van der Waals surface area contributed by atoms with Gasteiger partial charge in [-0.1, -0.05) is 99.0 Å². The molecule has 1 atom stereocenters. The fraction of sp³-hybridized carbons (Fsp3) is 0.185. The molecule has 0 aliphatic carbocycles. The number of benzene rings is 1. The Hall–Kier alpha value is -3.06. The molecule has 1 N–H and O–H groups in total. The highest BCUT2D eigenvalue weighted by Crippen LogP contribution is 2.27. The lowest BCUT2D eigenvalue weighted by molar-refractivity contribution is 0.950. The smallest absolute Gasteiger partial charge is 0.00277 e. The Bertz CT molecular complexity index is 917. The van der Waals surface area contributed by atoms with Gasteiger partial charge in [-0.25, -0.2) is 0 Å². The van der Waals surface area contributed by atoms with Crippen LogP contribution in [0.3, 0.4) is 0 Å². The highest BCUT2D eigenvalue weighted by molar-refractivity contribution is 5.74. The van der Waals surface area contributed by atoms with E-state index in [1.165, 1.54) is 27.2 Å². The summed E-state index contributed by atoms with van der Waals surface area (Å²) in [6, 6.07) is 8.55. The highest BCUT2D eigenvalue weighted by atomic mass is 14.8. The molecule has 0 amide bonds. The minimum atomic E-state index is 0.221. The molecule has 1 unspecified atom stereocenters. The molecule has 0 radical (unpaired) electrons. The lowest BCUT2D eigenvalue weighted by Crippen LogP contribution is -2.29. The highest BCUT2D eigenvalue weighted by Gasteiger charge is 2.14. The van der Waals surface area contributed by atoms with E-state index in [1.807, 2.05) is 37.6 Å². The van der Waals surface area contributed by atoms with Crippen LogP contribution in [0.4, 0.5) is 0 Å². The summed E-state index contributed by atoms with van der Waals surface area (Å²) in [6.07, 6.45) is 22.2. The molecule has 0 aliphatic heterocycles. The summed E-state index contributed by atoms with van der Waals surface area (Å²) in [4.78, 5) is 0. The van der Waals surface area contributed by atoms with E-state index in [4.69, 9.17) is 0 Å². The van der Waals surface area contributed by atoms with E-state index in [-0.39, 0.29) is 5.92 Å². The molecule has 0 saturated carbocycles. The monoisotopic (exact) mass is 371 g/mol. The minimum absolute atomic E-state index is 0.221. The van der Waals surface area contributed by atoms with Gasteiger partial charge in [0.1, 0.15) is 0 Å². The molecule has 28 heavy (non-hydrogen) atoms. The van der Waals surface area contributed by atoms with Crippen LogP contribution in [0.2, 0.25) is 0 Å². The van der Waals surface area contributed by atoms with Crippen molar-refractivity contribution in [3.8, 4) is 0 Å². The van der Waals surface area contributed by atoms with Crippen LogP contribution in [0.1, 0.15) is 20.8 Å². The van der Waals surface area contributed by atoms with Crippen LogP contribution in [-0.2, 0) is 0 Å². The predicted molar refractivity (Wildman–Crippen MR) is 127 cm³/mol. The van der Waals surface area contributed by atoms with Gasteiger partial charge in [-0.2, -0.15) is 0 Å². The zero-order valence-electron chi connectivity index (χ0n) is 17.7. The summed E-state index contributed by atoms with van der Waals surface area (Å²) in [5.74, 6) is 0.221. The van der Waals surface area contributed by atoms with Gasteiger partial charge >= 0.3 is 0 Å². The Morgan fingerprint density at radius 1 is 1.00 bits per heavy atom. The summed E-state index contributed by atoms with van der Waals surface area (Å²) >= 11 is 0. The van der Waals surface area contributed by atoms with Crippen molar-refractivity contribution < 1.29 is 0 Å². The summed E-state index contributed by atoms with van der Waals surface area (Å²) in [6.45, 7) is 14.1. The second kappa shape index (κ2) is 13.2. The van der Waals surface area contributed by atoms with Crippen LogP contribution in [0.15, 0.2) is 109 Å². The number of nitrogens with one attached hydrogen (secondary N) is 1. The molecule has 1 rings (SSSR count). The van der Waals surface area contributed by atoms with Gasteiger partial charge in [0.15, 0.2) is 0 Å². The van der Waals surface area contributed by atoms with Crippen molar-refractivity contribution in [1.82, 2.24) is 5.32 Å². The van der Waals surface area contributed by atoms with Crippen molar-refractivity contribution in [2.45, 2.75) is 20.8 Å². The van der Waals surface area contributed by atoms with Crippen molar-refractivity contribution in [2.24, 2.45) is 5.92 Å². The Labute approximate surface area is 170 Å². The SMILES string of the molecule is C=C\C=C/C=C(C(=c1/cccc/c1=C/C)/C(C)/C=C\C=C/NC)\C(C)=C\C=C. The normalized spacial score (nSPS) is 16.1. The van der Waals surface area contributed by atoms with Crippen molar-refractivity contribution in [3.05, 3.63) is 120 Å². The van der Waals surface area contributed by atoms with Crippen LogP contribution in [0.25, 0.3) is 11.6 Å². The molecule has 0 heterocycles. The van der Waals surface area contributed by atoms with Crippen molar-refractivity contribution in [1.29, 1.82) is 0 Å². The third-order valence-electron chi connectivity index (χ3n) is 4.38. The Kier molecular flexibility index (Phi) is 10.8. The molecule has 0 spiro atoms. The summed E-state index contributed by atoms with van der Waals surface area (Å²) < 4.78 is 0. The minimum Gasteiger partial charge on any atom is -0.394 e. The first-order valence-corrected chi connectivity index (χ1v) is 9.66. The first-order valence-electron chi connectivity index (χ1n) is 9.66. The summed E-state index contributed by atoms with van der Waals surface area (Å²) in [5, 5.41) is 5.49. The van der Waals surface area contributed by atoms with E-state index in [2.05, 4.69) is 93.9 Å². The number of allylic oxidation sites excluding steroid dienone is 11. The quantitative estimate of drug-likeness (QED) is 0.576. The van der Waals surface area contributed by atoms with Gasteiger partial charge in [0.25, 0.3) is 0 Å². The lowest BCUT2D eigenvalue weighted by atomic mass is 9.86. The van der Waals surface area contributed by atoms with E-state index in [9.17, 15) is 0 Å². The van der Waals surface area contributed by atoms with E-state index >= 15 is 0 Å². The molecule has 0 aliphatic rings. The second-order valence-corrected chi connectivity index (χ2v) is 6.40. The first-order chi connectivity index (χ1) is 13.6. The summed E-state index contributed by atoms with van der Waals surface area (Å²) in [5.41, 5.74) is 3.66. The van der Waals surface area contributed by atoms with Crippen molar-refractivity contribution >= 4 is 11.6 Å². The van der Waals surface area contributed by atoms with Crippen LogP contribution < -0.4 is 15.8 Å². The van der Waals surface area contributed by atoms with Gasteiger partial charge in [-0.05, 0) is 53.3 Å². The maximum atomic E-state index is 3.88. The molecule has 1 nitrogen and oxygen atoms in total. The number of rotatable bonds is 9. The van der Waals surface area contributed by atoms with Crippen LogP contribution in [0.5, 0.6) is 0 Å². The molecular formula is C27H33N. The Balaban J connectivity index is 3.85. The third-order valence-corrected chi connectivity index (χ3v) is 4.38. The largest absolute Gasteiger partial charge is 0.394 e. The molecule has 0 bridgehead atoms. The average molecular weight is 372 g/mol. The Morgan fingerprint density at radius 3 is 2.39 bits per heavy atom. The zero-order valence-corrected chi connectivity index (χ0v) is 17.7. The van der Waals surface area contributed by atoms with Gasteiger partial charge in [0.05, 0.1) is 0 Å². The van der Waals surface area contributed by atoms with E-state index < -0.39 is 0 Å². The topological polar surface area (TPSA) is 12.0 Å². The molecular weight excluding hydrogens is 338 g/mol. The van der Waals surface area contributed by atoms with Crippen LogP contribution in [-0.4, -0.2) is 7.05 Å². The molecule has 0 fully saturated rings. The zero-order chi connectivity index (χ0) is 20.8. The average Bonchev–Trinajstić information content (AvgIpc) is 2.71. The molecule has 0 aromatic heterocycles. The second-order valence-electron chi connectivity index (χ2n) is 6.40. The number of hydrogen-bond donors (Lipinski definition) is 1. The van der Waals surface area contributed by atoms with Gasteiger partial charge in [-0.3, -0.25) is 0 Å². The van der Waals surface area contributed by atoms with Crippen LogP contribution in [0, 0.1) is 5.92 Å². The molecule has 1 heteroatoms. The van der Waals surface area contributed by atoms with Gasteiger partial charge in [0.2, 0.25) is 0 Å². The lowest BCUT2D eigenvalue weighted by Gasteiger charge is -2.18. The van der Waals surface area contributed by atoms with E-state index in [0.29, 0.717) is 0 Å². The molecule has 146 valence electrons. The van der Waals surface area contributed by atoms with Gasteiger partial charge < -0.3 is 5.32 Å². The predicted octanol–water partition coefficient (Wildman–Crippen LogP) is 5.36. The fourth-order valence-electron chi connectivity index (χ4n) is 3.04. The number of hydrogen-bond acceptors (Lipinski definition) is 1. The molecule has 1 aromatic carbocycles. The molecule has 1 aromatic rings. The van der Waals surface area contributed by atoms with E-state index in [1.54, 1.807) is 6.08 Å². The van der Waals surface area contributed by atoms with Crippen molar-refractivity contribution in [2.75, 3.05) is 7.05 Å². The third kappa shape index (κ3) is 6.92. The maximum absolute atomic E-state index is 3.88. The summed E-state index contributed by atoms with van der Waals surface area (Å²) in [7, 11) is 1.90.